The summed E-state index contributed by atoms with van der Waals surface area (Å²) in [6, 6.07) is 23.9. The van der Waals surface area contributed by atoms with E-state index in [0.29, 0.717) is 22.9 Å². The van der Waals surface area contributed by atoms with E-state index in [2.05, 4.69) is 10.6 Å². The molecule has 0 fully saturated rings. The van der Waals surface area contributed by atoms with Crippen molar-refractivity contribution < 1.29 is 9.53 Å². The van der Waals surface area contributed by atoms with E-state index in [9.17, 15) is 4.79 Å². The molecule has 0 saturated carbocycles. The Morgan fingerprint density at radius 2 is 1.74 bits per heavy atom. The first kappa shape index (κ1) is 18.9. The van der Waals surface area contributed by atoms with Crippen molar-refractivity contribution in [3.05, 3.63) is 95.0 Å². The third kappa shape index (κ3) is 5.81. The van der Waals surface area contributed by atoms with Gasteiger partial charge in [0.1, 0.15) is 12.4 Å². The van der Waals surface area contributed by atoms with Crippen LogP contribution in [0.5, 0.6) is 5.75 Å². The molecule has 3 rings (SSSR count). The monoisotopic (exact) mass is 396 g/mol. The standard InChI is InChI=1S/C21H17ClN2O2S/c22-17-9-4-8-16(12-17)20(25)24-21(27)23-18-10-5-11-19(13-18)26-14-15-6-2-1-3-7-15/h1-13H,14H2,(H2,23,24,25,27). The van der Waals surface area contributed by atoms with Gasteiger partial charge in [-0.1, -0.05) is 54.1 Å². The van der Waals surface area contributed by atoms with Gasteiger partial charge < -0.3 is 10.1 Å². The summed E-state index contributed by atoms with van der Waals surface area (Å²) >= 11 is 11.1. The summed E-state index contributed by atoms with van der Waals surface area (Å²) in [6.45, 7) is 0.472. The molecule has 27 heavy (non-hydrogen) atoms. The number of hydrogen-bond acceptors (Lipinski definition) is 3. The Balaban J connectivity index is 1.57. The van der Waals surface area contributed by atoms with Crippen LogP contribution in [-0.4, -0.2) is 11.0 Å². The van der Waals surface area contributed by atoms with Crippen molar-refractivity contribution in [2.24, 2.45) is 0 Å². The van der Waals surface area contributed by atoms with Gasteiger partial charge in [-0.25, -0.2) is 0 Å². The van der Waals surface area contributed by atoms with Gasteiger partial charge in [-0.2, -0.15) is 0 Å². The number of benzene rings is 3. The van der Waals surface area contributed by atoms with Crippen LogP contribution in [0.3, 0.4) is 0 Å². The second-order valence-corrected chi connectivity index (χ2v) is 6.57. The molecular formula is C21H17ClN2O2S. The molecule has 2 N–H and O–H groups in total. The van der Waals surface area contributed by atoms with Crippen LogP contribution in [0, 0.1) is 0 Å². The normalized spacial score (nSPS) is 10.1. The summed E-state index contributed by atoms with van der Waals surface area (Å²) in [4.78, 5) is 12.2. The maximum absolute atomic E-state index is 12.2. The van der Waals surface area contributed by atoms with Crippen LogP contribution >= 0.6 is 23.8 Å². The fourth-order valence-electron chi connectivity index (χ4n) is 2.37. The molecule has 6 heteroatoms. The fraction of sp³-hybridized carbons (Fsp3) is 0.0476. The number of carbonyl (C=O) groups excluding carboxylic acids is 1. The first-order chi connectivity index (χ1) is 13.1. The molecule has 0 heterocycles. The molecule has 0 atom stereocenters. The Labute approximate surface area is 168 Å². The number of nitrogens with one attached hydrogen (secondary N) is 2. The summed E-state index contributed by atoms with van der Waals surface area (Å²) in [5, 5.41) is 6.30. The van der Waals surface area contributed by atoms with Crippen LogP contribution in [-0.2, 0) is 6.61 Å². The third-order valence-corrected chi connectivity index (χ3v) is 4.09. The summed E-state index contributed by atoms with van der Waals surface area (Å²) in [5.74, 6) is 0.374. The van der Waals surface area contributed by atoms with Gasteiger partial charge in [-0.3, -0.25) is 10.1 Å². The minimum Gasteiger partial charge on any atom is -0.489 e. The summed E-state index contributed by atoms with van der Waals surface area (Å²) < 4.78 is 5.79. The van der Waals surface area contributed by atoms with E-state index < -0.39 is 0 Å². The third-order valence-electron chi connectivity index (χ3n) is 3.65. The van der Waals surface area contributed by atoms with Gasteiger partial charge in [0.05, 0.1) is 0 Å². The zero-order chi connectivity index (χ0) is 19.1. The molecule has 0 spiro atoms. The Hall–Kier alpha value is -2.89. The van der Waals surface area contributed by atoms with Crippen LogP contribution in [0.15, 0.2) is 78.9 Å². The average Bonchev–Trinajstić information content (AvgIpc) is 2.67. The van der Waals surface area contributed by atoms with E-state index in [0.717, 1.165) is 11.3 Å². The van der Waals surface area contributed by atoms with Crippen molar-refractivity contribution in [3.8, 4) is 5.75 Å². The number of anilines is 1. The molecular weight excluding hydrogens is 380 g/mol. The summed E-state index contributed by atoms with van der Waals surface area (Å²) in [7, 11) is 0. The highest BCUT2D eigenvalue weighted by atomic mass is 35.5. The Morgan fingerprint density at radius 1 is 0.963 bits per heavy atom. The second-order valence-electron chi connectivity index (χ2n) is 5.72. The number of rotatable bonds is 5. The number of halogens is 1. The first-order valence-electron chi connectivity index (χ1n) is 8.25. The van der Waals surface area contributed by atoms with Crippen LogP contribution in [0.4, 0.5) is 5.69 Å². The Kier molecular flexibility index (Phi) is 6.41. The zero-order valence-electron chi connectivity index (χ0n) is 14.3. The predicted octanol–water partition coefficient (Wildman–Crippen LogP) is 5.05. The highest BCUT2D eigenvalue weighted by Crippen LogP contribution is 2.19. The number of hydrogen-bond donors (Lipinski definition) is 2. The lowest BCUT2D eigenvalue weighted by molar-refractivity contribution is 0.0977. The number of ether oxygens (including phenoxy) is 1. The van der Waals surface area contributed by atoms with E-state index in [4.69, 9.17) is 28.6 Å². The van der Waals surface area contributed by atoms with Gasteiger partial charge >= 0.3 is 0 Å². The molecule has 0 unspecified atom stereocenters. The van der Waals surface area contributed by atoms with Crippen molar-refractivity contribution >= 4 is 40.5 Å². The molecule has 4 nitrogen and oxygen atoms in total. The van der Waals surface area contributed by atoms with Gasteiger partial charge in [0.2, 0.25) is 0 Å². The molecule has 1 amide bonds. The molecule has 136 valence electrons. The number of carbonyl (C=O) groups is 1. The molecule has 0 aliphatic heterocycles. The Morgan fingerprint density at radius 3 is 2.52 bits per heavy atom. The fourth-order valence-corrected chi connectivity index (χ4v) is 2.77. The predicted molar refractivity (Wildman–Crippen MR) is 112 cm³/mol. The largest absolute Gasteiger partial charge is 0.489 e. The lowest BCUT2D eigenvalue weighted by atomic mass is 10.2. The molecule has 0 aromatic heterocycles. The molecule has 3 aromatic rings. The van der Waals surface area contributed by atoms with Crippen molar-refractivity contribution in [3.63, 3.8) is 0 Å². The van der Waals surface area contributed by atoms with Crippen LogP contribution in [0.25, 0.3) is 0 Å². The quantitative estimate of drug-likeness (QED) is 0.593. The highest BCUT2D eigenvalue weighted by molar-refractivity contribution is 7.80. The van der Waals surface area contributed by atoms with Gasteiger partial charge in [-0.05, 0) is 48.1 Å². The van der Waals surface area contributed by atoms with Crippen molar-refractivity contribution in [2.45, 2.75) is 6.61 Å². The maximum Gasteiger partial charge on any atom is 0.257 e. The van der Waals surface area contributed by atoms with E-state index >= 15 is 0 Å². The maximum atomic E-state index is 12.2. The molecule has 0 saturated heterocycles. The van der Waals surface area contributed by atoms with E-state index in [1.807, 2.05) is 54.6 Å². The van der Waals surface area contributed by atoms with E-state index in [1.165, 1.54) is 0 Å². The Bertz CT molecular complexity index is 948. The topological polar surface area (TPSA) is 50.4 Å². The van der Waals surface area contributed by atoms with Crippen LogP contribution in [0.1, 0.15) is 15.9 Å². The minimum atomic E-state index is -0.327. The van der Waals surface area contributed by atoms with Gasteiger partial charge in [0.25, 0.3) is 5.91 Å². The van der Waals surface area contributed by atoms with Gasteiger partial charge in [0, 0.05) is 22.3 Å². The smallest absolute Gasteiger partial charge is 0.257 e. The first-order valence-corrected chi connectivity index (χ1v) is 9.03. The van der Waals surface area contributed by atoms with Gasteiger partial charge in [0.15, 0.2) is 5.11 Å². The second kappa shape index (κ2) is 9.16. The molecule has 3 aromatic carbocycles. The number of thiocarbonyl (C=S) groups is 1. The summed E-state index contributed by atoms with van der Waals surface area (Å²) in [6.07, 6.45) is 0. The average molecular weight is 397 g/mol. The zero-order valence-corrected chi connectivity index (χ0v) is 15.9. The van der Waals surface area contributed by atoms with Crippen molar-refractivity contribution in [1.29, 1.82) is 0 Å². The number of amides is 1. The van der Waals surface area contributed by atoms with Crippen LogP contribution in [0.2, 0.25) is 5.02 Å². The van der Waals surface area contributed by atoms with E-state index in [-0.39, 0.29) is 11.0 Å². The lowest BCUT2D eigenvalue weighted by Gasteiger charge is -2.12. The van der Waals surface area contributed by atoms with Crippen molar-refractivity contribution in [1.82, 2.24) is 5.32 Å². The van der Waals surface area contributed by atoms with E-state index in [1.54, 1.807) is 24.3 Å². The van der Waals surface area contributed by atoms with Crippen molar-refractivity contribution in [2.75, 3.05) is 5.32 Å². The van der Waals surface area contributed by atoms with Gasteiger partial charge in [-0.15, -0.1) is 0 Å². The highest BCUT2D eigenvalue weighted by Gasteiger charge is 2.08. The lowest BCUT2D eigenvalue weighted by Crippen LogP contribution is -2.34. The molecule has 0 aliphatic carbocycles. The molecule has 0 bridgehead atoms. The van der Waals surface area contributed by atoms with Crippen LogP contribution < -0.4 is 15.4 Å². The minimum absolute atomic E-state index is 0.195. The SMILES string of the molecule is O=C(NC(=S)Nc1cccc(OCc2ccccc2)c1)c1cccc(Cl)c1. The molecule has 0 radical (unpaired) electrons. The summed E-state index contributed by atoms with van der Waals surface area (Å²) in [5.41, 5.74) is 2.24. The molecule has 0 aliphatic rings.